The topological polar surface area (TPSA) is 61.3 Å². The summed E-state index contributed by atoms with van der Waals surface area (Å²) in [5, 5.41) is 12.6. The normalized spacial score (nSPS) is 15.2. The van der Waals surface area contributed by atoms with Crippen molar-refractivity contribution in [2.24, 2.45) is 0 Å². The molecule has 1 atom stereocenters. The summed E-state index contributed by atoms with van der Waals surface area (Å²) in [6, 6.07) is 8.44. The van der Waals surface area contributed by atoms with Crippen LogP contribution in [0.3, 0.4) is 0 Å². The number of aliphatic hydroxyl groups excluding tert-OH is 1. The maximum atomic E-state index is 9.30. The third-order valence-corrected chi connectivity index (χ3v) is 4.91. The molecule has 1 aromatic heterocycles. The van der Waals surface area contributed by atoms with Crippen molar-refractivity contribution in [2.75, 3.05) is 23.4 Å². The van der Waals surface area contributed by atoms with E-state index in [4.69, 9.17) is 4.98 Å². The lowest BCUT2D eigenvalue weighted by molar-refractivity contribution is 0.281. The zero-order valence-corrected chi connectivity index (χ0v) is 16.5. The molecule has 0 aliphatic carbocycles. The van der Waals surface area contributed by atoms with Crippen LogP contribution in [0.15, 0.2) is 28.7 Å². The Bertz CT molecular complexity index is 750. The van der Waals surface area contributed by atoms with E-state index in [1.807, 2.05) is 13.0 Å². The third-order valence-electron chi connectivity index (χ3n) is 4.42. The van der Waals surface area contributed by atoms with Gasteiger partial charge in [0.15, 0.2) is 0 Å². The van der Waals surface area contributed by atoms with Crippen molar-refractivity contribution >= 4 is 27.6 Å². The van der Waals surface area contributed by atoms with Crippen molar-refractivity contribution in [1.82, 2.24) is 9.97 Å². The fourth-order valence-corrected chi connectivity index (χ4v) is 3.37. The number of anilines is 2. The molecule has 0 spiro atoms. The molecule has 3 rings (SSSR count). The Balaban J connectivity index is 1.89. The number of benzene rings is 1. The zero-order valence-electron chi connectivity index (χ0n) is 15.0. The van der Waals surface area contributed by atoms with E-state index >= 15 is 0 Å². The number of nitrogens with one attached hydrogen (secondary N) is 1. The second kappa shape index (κ2) is 7.70. The molecule has 5 nitrogen and oxygen atoms in total. The van der Waals surface area contributed by atoms with E-state index in [9.17, 15) is 5.11 Å². The highest BCUT2D eigenvalue weighted by Gasteiger charge is 2.20. The number of hydrogen-bond acceptors (Lipinski definition) is 5. The molecule has 2 N–H and O–H groups in total. The average Bonchev–Trinajstić information content (AvgIpc) is 2.60. The Labute approximate surface area is 157 Å². The molecule has 0 saturated carbocycles. The second-order valence-corrected chi connectivity index (χ2v) is 7.85. The van der Waals surface area contributed by atoms with E-state index in [2.05, 4.69) is 63.2 Å². The molecule has 0 saturated heterocycles. The van der Waals surface area contributed by atoms with Gasteiger partial charge in [0.25, 0.3) is 0 Å². The van der Waals surface area contributed by atoms with E-state index in [-0.39, 0.29) is 18.6 Å². The number of rotatable bonds is 5. The predicted octanol–water partition coefficient (Wildman–Crippen LogP) is 3.72. The van der Waals surface area contributed by atoms with Crippen LogP contribution in [0.2, 0.25) is 0 Å². The molecule has 0 unspecified atom stereocenters. The summed E-state index contributed by atoms with van der Waals surface area (Å²) in [6.45, 7) is 8.00. The van der Waals surface area contributed by atoms with Crippen LogP contribution in [0.5, 0.6) is 0 Å². The fraction of sp³-hybridized carbons (Fsp3) is 0.474. The summed E-state index contributed by atoms with van der Waals surface area (Å²) in [5.74, 6) is 2.79. The first-order valence-electron chi connectivity index (χ1n) is 8.75. The molecule has 1 aromatic carbocycles. The largest absolute Gasteiger partial charge is 0.394 e. The fourth-order valence-electron chi connectivity index (χ4n) is 2.96. The molecule has 25 heavy (non-hydrogen) atoms. The molecule has 2 heterocycles. The summed E-state index contributed by atoms with van der Waals surface area (Å²) in [7, 11) is 0. The van der Waals surface area contributed by atoms with Crippen molar-refractivity contribution in [2.45, 2.75) is 45.7 Å². The monoisotopic (exact) mass is 404 g/mol. The highest BCUT2D eigenvalue weighted by atomic mass is 79.9. The van der Waals surface area contributed by atoms with Crippen molar-refractivity contribution in [3.8, 4) is 0 Å². The molecule has 0 amide bonds. The molecular weight excluding hydrogens is 380 g/mol. The molecule has 6 heteroatoms. The minimum absolute atomic E-state index is 0.0396. The molecular formula is C19H25BrN4O. The van der Waals surface area contributed by atoms with E-state index in [0.717, 1.165) is 41.4 Å². The Kier molecular flexibility index (Phi) is 5.59. The Hall–Kier alpha value is -1.66. The molecule has 2 aromatic rings. The highest BCUT2D eigenvalue weighted by molar-refractivity contribution is 9.10. The van der Waals surface area contributed by atoms with E-state index < -0.39 is 0 Å². The Morgan fingerprint density at radius 2 is 2.00 bits per heavy atom. The lowest BCUT2D eigenvalue weighted by atomic mass is 10.00. The molecule has 1 aliphatic heterocycles. The van der Waals surface area contributed by atoms with Crippen LogP contribution in [0, 0.1) is 0 Å². The van der Waals surface area contributed by atoms with E-state index in [0.29, 0.717) is 0 Å². The number of fused-ring (bicyclic) bond motifs is 1. The SMILES string of the molecule is CC(C)c1nc(N[C@@H](C)CO)cc(N2CCc3cc(Br)ccc3C2)n1. The van der Waals surface area contributed by atoms with Crippen LogP contribution in [0.4, 0.5) is 11.6 Å². The van der Waals surface area contributed by atoms with E-state index in [1.54, 1.807) is 0 Å². The van der Waals surface area contributed by atoms with E-state index in [1.165, 1.54) is 11.1 Å². The van der Waals surface area contributed by atoms with Gasteiger partial charge in [-0.2, -0.15) is 0 Å². The Morgan fingerprint density at radius 1 is 1.20 bits per heavy atom. The van der Waals surface area contributed by atoms with Gasteiger partial charge in [0.2, 0.25) is 0 Å². The first kappa shape index (κ1) is 18.1. The van der Waals surface area contributed by atoms with Gasteiger partial charge in [-0.25, -0.2) is 9.97 Å². The van der Waals surface area contributed by atoms with Crippen LogP contribution in [0.1, 0.15) is 43.6 Å². The van der Waals surface area contributed by atoms with Gasteiger partial charge in [-0.15, -0.1) is 0 Å². The van der Waals surface area contributed by atoms with Crippen LogP contribution in [-0.4, -0.2) is 34.3 Å². The lowest BCUT2D eigenvalue weighted by Crippen LogP contribution is -2.31. The van der Waals surface area contributed by atoms with Crippen LogP contribution >= 0.6 is 15.9 Å². The summed E-state index contributed by atoms with van der Waals surface area (Å²) in [5.41, 5.74) is 2.74. The maximum Gasteiger partial charge on any atom is 0.135 e. The first-order valence-corrected chi connectivity index (χ1v) is 9.54. The minimum atomic E-state index is -0.0396. The van der Waals surface area contributed by atoms with Gasteiger partial charge in [0, 0.05) is 35.6 Å². The quantitative estimate of drug-likeness (QED) is 0.794. The Morgan fingerprint density at radius 3 is 2.72 bits per heavy atom. The van der Waals surface area contributed by atoms with Gasteiger partial charge in [-0.05, 0) is 36.6 Å². The smallest absolute Gasteiger partial charge is 0.135 e. The molecule has 0 bridgehead atoms. The number of aromatic nitrogens is 2. The summed E-state index contributed by atoms with van der Waals surface area (Å²) in [6.07, 6.45) is 1.01. The molecule has 0 radical (unpaired) electrons. The van der Waals surface area contributed by atoms with Gasteiger partial charge >= 0.3 is 0 Å². The second-order valence-electron chi connectivity index (χ2n) is 6.94. The first-order chi connectivity index (χ1) is 12.0. The van der Waals surface area contributed by atoms with Gasteiger partial charge in [-0.3, -0.25) is 0 Å². The van der Waals surface area contributed by atoms with Crippen molar-refractivity contribution in [3.63, 3.8) is 0 Å². The summed E-state index contributed by atoms with van der Waals surface area (Å²) >= 11 is 3.55. The van der Waals surface area contributed by atoms with Gasteiger partial charge in [0.05, 0.1) is 6.61 Å². The van der Waals surface area contributed by atoms with Crippen LogP contribution in [-0.2, 0) is 13.0 Å². The third kappa shape index (κ3) is 4.30. The van der Waals surface area contributed by atoms with Crippen molar-refractivity contribution < 1.29 is 5.11 Å². The number of nitrogens with zero attached hydrogens (tertiary/aromatic N) is 3. The maximum absolute atomic E-state index is 9.30. The standard InChI is InChI=1S/C19H25BrN4O/c1-12(2)19-22-17(21-13(3)11-25)9-18(23-19)24-7-6-14-8-16(20)5-4-15(14)10-24/h4-5,8-9,12-13,25H,6-7,10-11H2,1-3H3,(H,21,22,23)/t13-/m0/s1. The van der Waals surface area contributed by atoms with Crippen LogP contribution in [0.25, 0.3) is 0 Å². The summed E-state index contributed by atoms with van der Waals surface area (Å²) < 4.78 is 1.13. The summed E-state index contributed by atoms with van der Waals surface area (Å²) in [4.78, 5) is 11.7. The lowest BCUT2D eigenvalue weighted by Gasteiger charge is -2.30. The molecule has 1 aliphatic rings. The van der Waals surface area contributed by atoms with Crippen molar-refractivity contribution in [3.05, 3.63) is 45.7 Å². The van der Waals surface area contributed by atoms with Gasteiger partial charge < -0.3 is 15.3 Å². The highest BCUT2D eigenvalue weighted by Crippen LogP contribution is 2.28. The van der Waals surface area contributed by atoms with Gasteiger partial charge in [-0.1, -0.05) is 35.8 Å². The number of halogens is 1. The van der Waals surface area contributed by atoms with Gasteiger partial charge in [0.1, 0.15) is 17.5 Å². The average molecular weight is 405 g/mol. The molecule has 134 valence electrons. The predicted molar refractivity (Wildman–Crippen MR) is 105 cm³/mol. The molecule has 0 fully saturated rings. The zero-order chi connectivity index (χ0) is 18.0. The van der Waals surface area contributed by atoms with Crippen molar-refractivity contribution in [1.29, 1.82) is 0 Å². The minimum Gasteiger partial charge on any atom is -0.394 e. The number of hydrogen-bond donors (Lipinski definition) is 2. The number of aliphatic hydroxyl groups is 1. The van der Waals surface area contributed by atoms with Crippen LogP contribution < -0.4 is 10.2 Å².